The minimum absolute atomic E-state index is 0.342. The first-order chi connectivity index (χ1) is 21.1. The highest BCUT2D eigenvalue weighted by atomic mass is 19.4. The molecule has 0 radical (unpaired) electrons. The van der Waals surface area contributed by atoms with Crippen molar-refractivity contribution in [2.45, 2.75) is 6.36 Å². The second-order valence-corrected chi connectivity index (χ2v) is 9.03. The van der Waals surface area contributed by atoms with E-state index in [0.717, 1.165) is 11.1 Å². The summed E-state index contributed by atoms with van der Waals surface area (Å²) in [6, 6.07) is 14.4. The molecule has 0 N–H and O–H groups in total. The minimum atomic E-state index is -4.80. The van der Waals surface area contributed by atoms with Crippen molar-refractivity contribution in [1.82, 2.24) is 9.78 Å². The molecule has 0 saturated heterocycles. The first-order valence-corrected chi connectivity index (χ1v) is 13.0. The second kappa shape index (κ2) is 13.8. The van der Waals surface area contributed by atoms with Crippen LogP contribution in [0.4, 0.5) is 13.2 Å². The maximum atomic E-state index is 12.7. The Balaban J connectivity index is 1.75. The summed E-state index contributed by atoms with van der Waals surface area (Å²) in [6.07, 6.45) is 2.45. The summed E-state index contributed by atoms with van der Waals surface area (Å²) in [7, 11) is 9.16. The molecule has 0 amide bonds. The lowest BCUT2D eigenvalue weighted by Crippen LogP contribution is -2.17. The smallest absolute Gasteiger partial charge is 0.493 e. The van der Waals surface area contributed by atoms with Gasteiger partial charge in [-0.2, -0.15) is 5.10 Å². The van der Waals surface area contributed by atoms with Crippen LogP contribution in [0.3, 0.4) is 0 Å². The first-order valence-electron chi connectivity index (χ1n) is 13.0. The average molecular weight is 613 g/mol. The third kappa shape index (κ3) is 7.38. The molecule has 0 unspecified atom stereocenters. The van der Waals surface area contributed by atoms with Crippen LogP contribution in [0.1, 0.15) is 22.5 Å². The zero-order valence-electron chi connectivity index (χ0n) is 24.9. The van der Waals surface area contributed by atoms with E-state index in [-0.39, 0.29) is 5.75 Å². The Morgan fingerprint density at radius 3 is 1.45 bits per heavy atom. The lowest BCUT2D eigenvalue weighted by molar-refractivity contribution is -0.274. The molecule has 9 nitrogen and oxygen atoms in total. The highest BCUT2D eigenvalue weighted by Crippen LogP contribution is 2.40. The first kappa shape index (κ1) is 31.7. The van der Waals surface area contributed by atoms with Crippen LogP contribution in [0.25, 0.3) is 30.0 Å². The molecule has 0 atom stereocenters. The SMILES string of the molecule is COc1cc(C=Cc2cc(C=Cc3cc(OC)c(OC)c(OC)c3)n(-c3ccc(OC(F)(F)F)cc3)n2)cc(OC)c1OC. The van der Waals surface area contributed by atoms with Crippen molar-refractivity contribution >= 4 is 24.3 Å². The van der Waals surface area contributed by atoms with Crippen molar-refractivity contribution in [3.63, 3.8) is 0 Å². The number of nitrogens with zero attached hydrogens (tertiary/aromatic N) is 2. The molecular formula is C32H31F3N2O7. The minimum Gasteiger partial charge on any atom is -0.493 e. The Labute approximate surface area is 252 Å². The summed E-state index contributed by atoms with van der Waals surface area (Å²) < 4.78 is 76.3. The van der Waals surface area contributed by atoms with E-state index in [1.807, 2.05) is 24.3 Å². The fraction of sp³-hybridized carbons (Fsp3) is 0.219. The number of aromatic nitrogens is 2. The van der Waals surface area contributed by atoms with Crippen molar-refractivity contribution in [3.8, 4) is 45.9 Å². The van der Waals surface area contributed by atoms with Crippen LogP contribution in [-0.4, -0.2) is 58.8 Å². The third-order valence-electron chi connectivity index (χ3n) is 6.34. The van der Waals surface area contributed by atoms with Gasteiger partial charge in [0.1, 0.15) is 5.75 Å². The number of methoxy groups -OCH3 is 6. The van der Waals surface area contributed by atoms with E-state index in [1.54, 1.807) is 35.0 Å². The molecule has 0 aliphatic heterocycles. The van der Waals surface area contributed by atoms with Gasteiger partial charge in [0.15, 0.2) is 23.0 Å². The van der Waals surface area contributed by atoms with E-state index in [4.69, 9.17) is 28.4 Å². The van der Waals surface area contributed by atoms with Crippen LogP contribution in [0, 0.1) is 0 Å². The van der Waals surface area contributed by atoms with E-state index in [9.17, 15) is 13.2 Å². The molecule has 1 aromatic heterocycles. The van der Waals surface area contributed by atoms with Crippen LogP contribution in [0.15, 0.2) is 54.6 Å². The van der Waals surface area contributed by atoms with E-state index in [2.05, 4.69) is 9.84 Å². The number of rotatable bonds is 12. The summed E-state index contributed by atoms with van der Waals surface area (Å²) >= 11 is 0. The third-order valence-corrected chi connectivity index (χ3v) is 6.34. The van der Waals surface area contributed by atoms with E-state index in [1.165, 1.54) is 66.9 Å². The Morgan fingerprint density at radius 1 is 0.591 bits per heavy atom. The summed E-state index contributed by atoms with van der Waals surface area (Å²) in [5.41, 5.74) is 3.22. The molecule has 0 aliphatic rings. The van der Waals surface area contributed by atoms with Crippen molar-refractivity contribution in [3.05, 3.63) is 77.1 Å². The number of halogens is 3. The van der Waals surface area contributed by atoms with Gasteiger partial charge < -0.3 is 33.2 Å². The molecule has 0 bridgehead atoms. The standard InChI is InChI=1S/C32H31F3N2O7/c1-38-26-15-20(16-27(39-2)30(26)42-5)7-9-22-19-24(10-8-21-17-28(40-3)31(43-6)29(18-21)41-4)37(36-22)23-11-13-25(14-12-23)44-32(33,34)35/h7-19H,1-6H3. The Hall–Kier alpha value is -5.26. The molecule has 3 aromatic carbocycles. The second-order valence-electron chi connectivity index (χ2n) is 9.03. The van der Waals surface area contributed by atoms with Gasteiger partial charge >= 0.3 is 6.36 Å². The van der Waals surface area contributed by atoms with Crippen molar-refractivity contribution < 1.29 is 46.3 Å². The van der Waals surface area contributed by atoms with Gasteiger partial charge in [0.05, 0.1) is 59.7 Å². The van der Waals surface area contributed by atoms with E-state index < -0.39 is 6.36 Å². The Bertz CT molecular complexity index is 1590. The topological polar surface area (TPSA) is 82.4 Å². The predicted octanol–water partition coefficient (Wildman–Crippen LogP) is 7.16. The zero-order chi connectivity index (χ0) is 31.9. The lowest BCUT2D eigenvalue weighted by atomic mass is 10.1. The number of hydrogen-bond acceptors (Lipinski definition) is 8. The van der Waals surface area contributed by atoms with E-state index in [0.29, 0.717) is 51.6 Å². The van der Waals surface area contributed by atoms with Crippen LogP contribution >= 0.6 is 0 Å². The molecule has 0 saturated carbocycles. The summed E-state index contributed by atoms with van der Waals surface area (Å²) in [5, 5.41) is 4.68. The van der Waals surface area contributed by atoms with Gasteiger partial charge in [0.25, 0.3) is 0 Å². The quantitative estimate of drug-likeness (QED) is 0.167. The Morgan fingerprint density at radius 2 is 1.05 bits per heavy atom. The highest BCUT2D eigenvalue weighted by molar-refractivity contribution is 5.76. The number of benzene rings is 3. The maximum absolute atomic E-state index is 12.7. The van der Waals surface area contributed by atoms with Crippen LogP contribution in [0.2, 0.25) is 0 Å². The maximum Gasteiger partial charge on any atom is 0.573 e. The molecule has 4 rings (SSSR count). The lowest BCUT2D eigenvalue weighted by Gasteiger charge is -2.13. The summed E-state index contributed by atoms with van der Waals surface area (Å²) in [6.45, 7) is 0. The Kier molecular flexibility index (Phi) is 9.94. The van der Waals surface area contributed by atoms with Gasteiger partial charge in [0, 0.05) is 0 Å². The number of hydrogen-bond donors (Lipinski definition) is 0. The number of ether oxygens (including phenoxy) is 7. The van der Waals surface area contributed by atoms with Gasteiger partial charge in [-0.05, 0) is 77.9 Å². The van der Waals surface area contributed by atoms with Crippen molar-refractivity contribution in [2.24, 2.45) is 0 Å². The molecule has 0 aliphatic carbocycles. The monoisotopic (exact) mass is 612 g/mol. The summed E-state index contributed by atoms with van der Waals surface area (Å²) in [4.78, 5) is 0. The van der Waals surface area contributed by atoms with Crippen LogP contribution in [-0.2, 0) is 0 Å². The van der Waals surface area contributed by atoms with Crippen LogP contribution in [0.5, 0.6) is 40.2 Å². The fourth-order valence-corrected chi connectivity index (χ4v) is 4.37. The van der Waals surface area contributed by atoms with Crippen molar-refractivity contribution in [1.29, 1.82) is 0 Å². The molecule has 44 heavy (non-hydrogen) atoms. The molecule has 12 heteroatoms. The number of alkyl halides is 3. The van der Waals surface area contributed by atoms with Gasteiger partial charge in [-0.15, -0.1) is 13.2 Å². The molecule has 232 valence electrons. The molecule has 0 spiro atoms. The van der Waals surface area contributed by atoms with Crippen LogP contribution < -0.4 is 33.2 Å². The van der Waals surface area contributed by atoms with Gasteiger partial charge in [-0.3, -0.25) is 0 Å². The zero-order valence-corrected chi connectivity index (χ0v) is 24.9. The normalized spacial score (nSPS) is 11.6. The molecular weight excluding hydrogens is 581 g/mol. The highest BCUT2D eigenvalue weighted by Gasteiger charge is 2.31. The van der Waals surface area contributed by atoms with Gasteiger partial charge in [0.2, 0.25) is 11.5 Å². The summed E-state index contributed by atoms with van der Waals surface area (Å²) in [5.74, 6) is 2.53. The predicted molar refractivity (Wildman–Crippen MR) is 160 cm³/mol. The fourth-order valence-electron chi connectivity index (χ4n) is 4.37. The van der Waals surface area contributed by atoms with E-state index >= 15 is 0 Å². The van der Waals surface area contributed by atoms with Crippen molar-refractivity contribution in [2.75, 3.05) is 42.7 Å². The largest absolute Gasteiger partial charge is 0.573 e. The van der Waals surface area contributed by atoms with Gasteiger partial charge in [-0.1, -0.05) is 12.2 Å². The van der Waals surface area contributed by atoms with Gasteiger partial charge in [-0.25, -0.2) is 4.68 Å². The molecule has 1 heterocycles. The average Bonchev–Trinajstić information content (AvgIpc) is 3.44. The molecule has 4 aromatic rings. The molecule has 0 fully saturated rings.